The van der Waals surface area contributed by atoms with Crippen LogP contribution in [-0.2, 0) is 9.59 Å². The monoisotopic (exact) mass is 299 g/mol. The fraction of sp³-hybridized carbons (Fsp3) is 0.875. The van der Waals surface area contributed by atoms with Gasteiger partial charge in [0, 0.05) is 12.0 Å². The van der Waals surface area contributed by atoms with Crippen LogP contribution in [0.5, 0.6) is 0 Å². The predicted molar refractivity (Wildman–Crippen MR) is 86.7 cm³/mol. The van der Waals surface area contributed by atoms with Gasteiger partial charge in [0.05, 0.1) is 0 Å². The highest BCUT2D eigenvalue weighted by molar-refractivity contribution is 5.87. The predicted octanol–water partition coefficient (Wildman–Crippen LogP) is 1.81. The van der Waals surface area contributed by atoms with Crippen molar-refractivity contribution in [2.24, 2.45) is 17.6 Å². The van der Waals surface area contributed by atoms with E-state index in [-0.39, 0.29) is 17.4 Å². The standard InChI is InChI=1S/C16H33N3O2/c1-11(2)13(9-10-17)7-8-14(20)18-12(3)15(21)19-16(4,5)6/h11-13H,7-10,17H2,1-6H3,(H,18,20)(H,19,21). The van der Waals surface area contributed by atoms with Gasteiger partial charge in [-0.3, -0.25) is 9.59 Å². The van der Waals surface area contributed by atoms with Crippen LogP contribution >= 0.6 is 0 Å². The van der Waals surface area contributed by atoms with Crippen LogP contribution in [0.1, 0.15) is 60.8 Å². The molecular weight excluding hydrogens is 266 g/mol. The SMILES string of the molecule is CC(NC(=O)CCC(CCN)C(C)C)C(=O)NC(C)(C)C. The average molecular weight is 299 g/mol. The van der Waals surface area contributed by atoms with E-state index in [2.05, 4.69) is 24.5 Å². The third-order valence-corrected chi connectivity index (χ3v) is 3.49. The number of hydrogen-bond acceptors (Lipinski definition) is 3. The van der Waals surface area contributed by atoms with Crippen LogP contribution in [0.15, 0.2) is 0 Å². The minimum atomic E-state index is -0.510. The Kier molecular flexibility index (Phi) is 8.55. The van der Waals surface area contributed by atoms with Gasteiger partial charge < -0.3 is 16.4 Å². The van der Waals surface area contributed by atoms with E-state index >= 15 is 0 Å². The summed E-state index contributed by atoms with van der Waals surface area (Å²) in [5.74, 6) is 0.745. The van der Waals surface area contributed by atoms with Gasteiger partial charge in [0.15, 0.2) is 0 Å². The van der Waals surface area contributed by atoms with E-state index in [1.54, 1.807) is 6.92 Å². The van der Waals surface area contributed by atoms with Gasteiger partial charge in [-0.1, -0.05) is 13.8 Å². The van der Waals surface area contributed by atoms with Gasteiger partial charge in [-0.05, 0) is 58.9 Å². The molecule has 21 heavy (non-hydrogen) atoms. The van der Waals surface area contributed by atoms with E-state index in [0.717, 1.165) is 12.8 Å². The Bertz CT molecular complexity index is 335. The summed E-state index contributed by atoms with van der Waals surface area (Å²) in [6.07, 6.45) is 2.19. The smallest absolute Gasteiger partial charge is 0.242 e. The Morgan fingerprint density at radius 3 is 2.10 bits per heavy atom. The van der Waals surface area contributed by atoms with Crippen LogP contribution in [0.25, 0.3) is 0 Å². The molecule has 5 nitrogen and oxygen atoms in total. The van der Waals surface area contributed by atoms with Crippen LogP contribution in [0.3, 0.4) is 0 Å². The van der Waals surface area contributed by atoms with Crippen molar-refractivity contribution in [3.8, 4) is 0 Å². The number of carbonyl (C=O) groups is 2. The van der Waals surface area contributed by atoms with Gasteiger partial charge in [-0.15, -0.1) is 0 Å². The van der Waals surface area contributed by atoms with Crippen molar-refractivity contribution in [1.82, 2.24) is 10.6 Å². The number of rotatable bonds is 8. The van der Waals surface area contributed by atoms with Crippen molar-refractivity contribution < 1.29 is 9.59 Å². The quantitative estimate of drug-likeness (QED) is 0.639. The minimum Gasteiger partial charge on any atom is -0.350 e. The van der Waals surface area contributed by atoms with Crippen LogP contribution in [-0.4, -0.2) is 29.9 Å². The molecule has 0 fully saturated rings. The van der Waals surface area contributed by atoms with E-state index in [1.807, 2.05) is 20.8 Å². The Morgan fingerprint density at radius 1 is 1.10 bits per heavy atom. The summed E-state index contributed by atoms with van der Waals surface area (Å²) in [4.78, 5) is 23.8. The van der Waals surface area contributed by atoms with Crippen LogP contribution in [0, 0.1) is 11.8 Å². The van der Waals surface area contributed by atoms with Crippen LogP contribution < -0.4 is 16.4 Å². The van der Waals surface area contributed by atoms with E-state index in [4.69, 9.17) is 5.73 Å². The molecule has 5 heteroatoms. The van der Waals surface area contributed by atoms with Crippen molar-refractivity contribution in [3.63, 3.8) is 0 Å². The minimum absolute atomic E-state index is 0.0748. The molecule has 0 aromatic carbocycles. The Labute approximate surface area is 129 Å². The van der Waals surface area contributed by atoms with Crippen molar-refractivity contribution in [2.45, 2.75) is 72.4 Å². The maximum absolute atomic E-state index is 11.9. The second kappa shape index (κ2) is 9.03. The molecule has 0 aliphatic carbocycles. The van der Waals surface area contributed by atoms with Crippen molar-refractivity contribution in [3.05, 3.63) is 0 Å². The lowest BCUT2D eigenvalue weighted by molar-refractivity contribution is -0.129. The molecule has 0 bridgehead atoms. The molecule has 0 heterocycles. The lowest BCUT2D eigenvalue weighted by atomic mass is 9.88. The van der Waals surface area contributed by atoms with Gasteiger partial charge in [0.25, 0.3) is 0 Å². The first kappa shape index (κ1) is 19.9. The van der Waals surface area contributed by atoms with Crippen molar-refractivity contribution >= 4 is 11.8 Å². The average Bonchev–Trinajstić information content (AvgIpc) is 2.31. The highest BCUT2D eigenvalue weighted by Gasteiger charge is 2.21. The summed E-state index contributed by atoms with van der Waals surface area (Å²) < 4.78 is 0. The molecule has 0 spiro atoms. The number of carbonyl (C=O) groups excluding carboxylic acids is 2. The number of hydrogen-bond donors (Lipinski definition) is 3. The van der Waals surface area contributed by atoms with E-state index in [9.17, 15) is 9.59 Å². The van der Waals surface area contributed by atoms with Gasteiger partial charge in [0.1, 0.15) is 6.04 Å². The molecule has 124 valence electrons. The molecule has 2 atom stereocenters. The van der Waals surface area contributed by atoms with Crippen LogP contribution in [0.2, 0.25) is 0 Å². The number of nitrogens with one attached hydrogen (secondary N) is 2. The molecule has 2 unspecified atom stereocenters. The fourth-order valence-electron chi connectivity index (χ4n) is 2.20. The molecular formula is C16H33N3O2. The number of nitrogens with two attached hydrogens (primary N) is 1. The molecule has 0 aromatic heterocycles. The summed E-state index contributed by atoms with van der Waals surface area (Å²) in [7, 11) is 0. The Morgan fingerprint density at radius 2 is 1.67 bits per heavy atom. The van der Waals surface area contributed by atoms with Gasteiger partial charge in [-0.25, -0.2) is 0 Å². The zero-order valence-electron chi connectivity index (χ0n) is 14.5. The lowest BCUT2D eigenvalue weighted by Crippen LogP contribution is -2.50. The van der Waals surface area contributed by atoms with Crippen molar-refractivity contribution in [1.29, 1.82) is 0 Å². The second-order valence-corrected chi connectivity index (χ2v) is 7.15. The third-order valence-electron chi connectivity index (χ3n) is 3.49. The van der Waals surface area contributed by atoms with E-state index in [0.29, 0.717) is 24.8 Å². The highest BCUT2D eigenvalue weighted by atomic mass is 16.2. The first-order valence-electron chi connectivity index (χ1n) is 7.88. The topological polar surface area (TPSA) is 84.2 Å². The van der Waals surface area contributed by atoms with Gasteiger partial charge in [0.2, 0.25) is 11.8 Å². The number of amides is 2. The zero-order chi connectivity index (χ0) is 16.6. The summed E-state index contributed by atoms with van der Waals surface area (Å²) in [6.45, 7) is 12.4. The molecule has 0 aliphatic rings. The maximum atomic E-state index is 11.9. The molecule has 0 saturated heterocycles. The third kappa shape index (κ3) is 9.45. The molecule has 0 saturated carbocycles. The normalized spacial score (nSPS) is 14.7. The fourth-order valence-corrected chi connectivity index (χ4v) is 2.20. The molecule has 4 N–H and O–H groups in total. The maximum Gasteiger partial charge on any atom is 0.242 e. The van der Waals surface area contributed by atoms with E-state index < -0.39 is 6.04 Å². The summed E-state index contributed by atoms with van der Waals surface area (Å²) in [6, 6.07) is -0.510. The first-order valence-corrected chi connectivity index (χ1v) is 7.88. The summed E-state index contributed by atoms with van der Waals surface area (Å²) in [5, 5.41) is 5.61. The molecule has 0 radical (unpaired) electrons. The summed E-state index contributed by atoms with van der Waals surface area (Å²) >= 11 is 0. The highest BCUT2D eigenvalue weighted by Crippen LogP contribution is 2.20. The molecule has 0 rings (SSSR count). The molecule has 0 aliphatic heterocycles. The summed E-state index contributed by atoms with van der Waals surface area (Å²) in [5.41, 5.74) is 5.31. The lowest BCUT2D eigenvalue weighted by Gasteiger charge is -2.24. The van der Waals surface area contributed by atoms with Gasteiger partial charge >= 0.3 is 0 Å². The Hall–Kier alpha value is -1.10. The van der Waals surface area contributed by atoms with Crippen LogP contribution in [0.4, 0.5) is 0 Å². The van der Waals surface area contributed by atoms with E-state index in [1.165, 1.54) is 0 Å². The second-order valence-electron chi connectivity index (χ2n) is 7.15. The van der Waals surface area contributed by atoms with Crippen molar-refractivity contribution in [2.75, 3.05) is 6.54 Å². The first-order chi connectivity index (χ1) is 9.56. The molecule has 2 amide bonds. The zero-order valence-corrected chi connectivity index (χ0v) is 14.5. The molecule has 0 aromatic rings. The largest absolute Gasteiger partial charge is 0.350 e. The Balaban J connectivity index is 4.21. The van der Waals surface area contributed by atoms with Gasteiger partial charge in [-0.2, -0.15) is 0 Å².